The van der Waals surface area contributed by atoms with Gasteiger partial charge >= 0.3 is 0 Å². The van der Waals surface area contributed by atoms with Crippen LogP contribution in [0.4, 0.5) is 11.6 Å². The van der Waals surface area contributed by atoms with E-state index in [9.17, 15) is 4.79 Å². The SMILES string of the molecule is CN(CCCNC(=O)C[NH+]1CCN(c2ncccn2)CC1)c1ccccc1. The van der Waals surface area contributed by atoms with E-state index >= 15 is 0 Å². The number of piperazine rings is 1. The largest absolute Gasteiger partial charge is 0.375 e. The van der Waals surface area contributed by atoms with Gasteiger partial charge in [-0.15, -0.1) is 0 Å². The van der Waals surface area contributed by atoms with E-state index in [2.05, 4.69) is 44.3 Å². The second-order valence-electron chi connectivity index (χ2n) is 6.92. The maximum atomic E-state index is 12.2. The fourth-order valence-electron chi connectivity index (χ4n) is 3.30. The van der Waals surface area contributed by atoms with E-state index in [4.69, 9.17) is 0 Å². The van der Waals surface area contributed by atoms with Crippen LogP contribution in [0.2, 0.25) is 0 Å². The molecule has 2 N–H and O–H groups in total. The van der Waals surface area contributed by atoms with Gasteiger partial charge in [-0.3, -0.25) is 4.79 Å². The molecule has 1 aliphatic rings. The van der Waals surface area contributed by atoms with E-state index < -0.39 is 0 Å². The van der Waals surface area contributed by atoms with E-state index in [1.54, 1.807) is 12.4 Å². The summed E-state index contributed by atoms with van der Waals surface area (Å²) in [6.07, 6.45) is 4.47. The van der Waals surface area contributed by atoms with Gasteiger partial charge < -0.3 is 20.0 Å². The van der Waals surface area contributed by atoms with Gasteiger partial charge in [0.05, 0.1) is 26.2 Å². The molecule has 1 aliphatic heterocycles. The minimum atomic E-state index is 0.136. The van der Waals surface area contributed by atoms with Crippen molar-refractivity contribution in [3.63, 3.8) is 0 Å². The van der Waals surface area contributed by atoms with Gasteiger partial charge in [0.15, 0.2) is 6.54 Å². The number of hydrogen-bond acceptors (Lipinski definition) is 5. The van der Waals surface area contributed by atoms with Gasteiger partial charge in [0.2, 0.25) is 5.95 Å². The summed E-state index contributed by atoms with van der Waals surface area (Å²) in [5, 5.41) is 3.05. The van der Waals surface area contributed by atoms with Crippen LogP contribution in [0.5, 0.6) is 0 Å². The first-order chi connectivity index (χ1) is 13.2. The van der Waals surface area contributed by atoms with E-state index in [1.165, 1.54) is 10.6 Å². The van der Waals surface area contributed by atoms with Crippen LogP contribution in [-0.4, -0.2) is 68.7 Å². The molecule has 1 aromatic carbocycles. The molecule has 1 aromatic heterocycles. The lowest BCUT2D eigenvalue weighted by molar-refractivity contribution is -0.892. The van der Waals surface area contributed by atoms with Crippen LogP contribution in [-0.2, 0) is 4.79 Å². The first kappa shape index (κ1) is 19.1. The number of para-hydroxylation sites is 1. The number of anilines is 2. The highest BCUT2D eigenvalue weighted by molar-refractivity contribution is 5.76. The highest BCUT2D eigenvalue weighted by Crippen LogP contribution is 2.10. The van der Waals surface area contributed by atoms with E-state index in [-0.39, 0.29) is 5.91 Å². The molecular formula is C20H29N6O+. The normalized spacial score (nSPS) is 14.8. The number of rotatable bonds is 8. The summed E-state index contributed by atoms with van der Waals surface area (Å²) < 4.78 is 0. The van der Waals surface area contributed by atoms with Crippen molar-refractivity contribution in [1.82, 2.24) is 15.3 Å². The standard InChI is InChI=1S/C20H28N6O/c1-24(18-7-3-2-4-8-18)12-6-11-21-19(27)17-25-13-15-26(16-14-25)20-22-9-5-10-23-20/h2-5,7-10H,6,11-17H2,1H3,(H,21,27)/p+1. The van der Waals surface area contributed by atoms with Crippen molar-refractivity contribution < 1.29 is 9.69 Å². The summed E-state index contributed by atoms with van der Waals surface area (Å²) in [6.45, 7) is 5.81. The quantitative estimate of drug-likeness (QED) is 0.632. The highest BCUT2D eigenvalue weighted by atomic mass is 16.2. The van der Waals surface area contributed by atoms with Crippen LogP contribution < -0.4 is 20.0 Å². The molecule has 144 valence electrons. The van der Waals surface area contributed by atoms with Crippen LogP contribution in [0.15, 0.2) is 48.8 Å². The molecule has 0 spiro atoms. The number of hydrogen-bond donors (Lipinski definition) is 2. The topological polar surface area (TPSA) is 65.8 Å². The van der Waals surface area contributed by atoms with E-state index in [0.29, 0.717) is 13.1 Å². The molecule has 1 amide bonds. The Morgan fingerprint density at radius 3 is 2.56 bits per heavy atom. The van der Waals surface area contributed by atoms with Gasteiger partial charge in [-0.25, -0.2) is 9.97 Å². The third-order valence-corrected chi connectivity index (χ3v) is 4.91. The number of carbonyl (C=O) groups excluding carboxylic acids is 1. The van der Waals surface area contributed by atoms with Gasteiger partial charge in [0.25, 0.3) is 5.91 Å². The summed E-state index contributed by atoms with van der Waals surface area (Å²) in [7, 11) is 2.08. The van der Waals surface area contributed by atoms with Gasteiger partial charge in [-0.05, 0) is 24.6 Å². The van der Waals surface area contributed by atoms with Gasteiger partial charge in [-0.1, -0.05) is 18.2 Å². The van der Waals surface area contributed by atoms with Gasteiger partial charge in [0, 0.05) is 38.2 Å². The van der Waals surface area contributed by atoms with Gasteiger partial charge in [0.1, 0.15) is 0 Å². The van der Waals surface area contributed by atoms with Crippen LogP contribution in [0.3, 0.4) is 0 Å². The summed E-state index contributed by atoms with van der Waals surface area (Å²) in [4.78, 5) is 26.5. The minimum Gasteiger partial charge on any atom is -0.375 e. The predicted molar refractivity (Wildman–Crippen MR) is 107 cm³/mol. The van der Waals surface area contributed by atoms with Crippen LogP contribution in [0.25, 0.3) is 0 Å². The predicted octanol–water partition coefficient (Wildman–Crippen LogP) is -0.176. The molecular weight excluding hydrogens is 340 g/mol. The maximum Gasteiger partial charge on any atom is 0.275 e. The smallest absolute Gasteiger partial charge is 0.275 e. The number of nitrogens with zero attached hydrogens (tertiary/aromatic N) is 4. The lowest BCUT2D eigenvalue weighted by Gasteiger charge is -2.31. The number of nitrogens with one attached hydrogen (secondary N) is 2. The lowest BCUT2D eigenvalue weighted by atomic mass is 10.3. The molecule has 0 unspecified atom stereocenters. The zero-order chi connectivity index (χ0) is 18.9. The molecule has 3 rings (SSSR count). The summed E-state index contributed by atoms with van der Waals surface area (Å²) in [5.74, 6) is 0.917. The molecule has 7 nitrogen and oxygen atoms in total. The highest BCUT2D eigenvalue weighted by Gasteiger charge is 2.23. The number of aromatic nitrogens is 2. The van der Waals surface area contributed by atoms with Crippen molar-refractivity contribution in [2.24, 2.45) is 0 Å². The average molecular weight is 369 g/mol. The van der Waals surface area contributed by atoms with Gasteiger partial charge in [-0.2, -0.15) is 0 Å². The second kappa shape index (κ2) is 9.87. The Labute approximate surface area is 161 Å². The number of carbonyl (C=O) groups is 1. The van der Waals surface area contributed by atoms with Crippen LogP contribution >= 0.6 is 0 Å². The third-order valence-electron chi connectivity index (χ3n) is 4.91. The van der Waals surface area contributed by atoms with Crippen molar-refractivity contribution in [3.8, 4) is 0 Å². The van der Waals surface area contributed by atoms with Crippen molar-refractivity contribution in [1.29, 1.82) is 0 Å². The molecule has 2 aromatic rings. The fraction of sp³-hybridized carbons (Fsp3) is 0.450. The molecule has 0 radical (unpaired) electrons. The van der Waals surface area contributed by atoms with E-state index in [0.717, 1.165) is 45.1 Å². The number of amides is 1. The Morgan fingerprint density at radius 1 is 1.15 bits per heavy atom. The third kappa shape index (κ3) is 5.92. The Kier molecular flexibility index (Phi) is 6.98. The van der Waals surface area contributed by atoms with E-state index in [1.807, 2.05) is 24.3 Å². The number of benzene rings is 1. The fourth-order valence-corrected chi connectivity index (χ4v) is 3.30. The van der Waals surface area contributed by atoms with Crippen molar-refractivity contribution in [2.45, 2.75) is 6.42 Å². The molecule has 27 heavy (non-hydrogen) atoms. The molecule has 0 atom stereocenters. The van der Waals surface area contributed by atoms with Crippen molar-refractivity contribution in [2.75, 3.05) is 62.7 Å². The Balaban J connectivity index is 1.30. The van der Waals surface area contributed by atoms with Crippen molar-refractivity contribution >= 4 is 17.5 Å². The first-order valence-electron chi connectivity index (χ1n) is 9.61. The monoisotopic (exact) mass is 369 g/mol. The zero-order valence-electron chi connectivity index (χ0n) is 16.0. The summed E-state index contributed by atoms with van der Waals surface area (Å²) in [6, 6.07) is 12.1. The molecule has 2 heterocycles. The Morgan fingerprint density at radius 2 is 1.85 bits per heavy atom. The number of quaternary nitrogens is 1. The molecule has 1 fully saturated rings. The maximum absolute atomic E-state index is 12.2. The van der Waals surface area contributed by atoms with Crippen molar-refractivity contribution in [3.05, 3.63) is 48.8 Å². The molecule has 7 heteroatoms. The zero-order valence-corrected chi connectivity index (χ0v) is 16.0. The lowest BCUT2D eigenvalue weighted by Crippen LogP contribution is -3.16. The molecule has 1 saturated heterocycles. The van der Waals surface area contributed by atoms with Crippen LogP contribution in [0, 0.1) is 0 Å². The Hall–Kier alpha value is -2.67. The van der Waals surface area contributed by atoms with Crippen LogP contribution in [0.1, 0.15) is 6.42 Å². The minimum absolute atomic E-state index is 0.136. The summed E-state index contributed by atoms with van der Waals surface area (Å²) >= 11 is 0. The Bertz CT molecular complexity index is 688. The molecule has 0 bridgehead atoms. The first-order valence-corrected chi connectivity index (χ1v) is 9.61. The average Bonchev–Trinajstić information content (AvgIpc) is 2.73. The molecule has 0 saturated carbocycles. The second-order valence-corrected chi connectivity index (χ2v) is 6.92. The molecule has 0 aliphatic carbocycles. The summed E-state index contributed by atoms with van der Waals surface area (Å²) in [5.41, 5.74) is 1.20.